The lowest BCUT2D eigenvalue weighted by Crippen LogP contribution is -2.38. The number of amides is 1. The van der Waals surface area contributed by atoms with E-state index in [-0.39, 0.29) is 18.6 Å². The fourth-order valence-electron chi connectivity index (χ4n) is 2.82. The van der Waals surface area contributed by atoms with Gasteiger partial charge in [0.2, 0.25) is 0 Å². The average Bonchev–Trinajstić information content (AvgIpc) is 2.65. The van der Waals surface area contributed by atoms with Crippen LogP contribution in [0.1, 0.15) is 37.7 Å². The number of carbonyl (C=O) groups is 2. The summed E-state index contributed by atoms with van der Waals surface area (Å²) in [5, 5.41) is 2.91. The van der Waals surface area contributed by atoms with Crippen molar-refractivity contribution < 1.29 is 23.8 Å². The van der Waals surface area contributed by atoms with Gasteiger partial charge in [-0.1, -0.05) is 25.3 Å². The van der Waals surface area contributed by atoms with E-state index in [9.17, 15) is 9.59 Å². The summed E-state index contributed by atoms with van der Waals surface area (Å²) in [6.07, 6.45) is 8.39. The molecule has 1 aliphatic rings. The largest absolute Gasteiger partial charge is 0.493 e. The first-order valence-electron chi connectivity index (χ1n) is 8.48. The lowest BCUT2D eigenvalue weighted by Gasteiger charge is -2.22. The number of methoxy groups -OCH3 is 2. The molecule has 1 N–H and O–H groups in total. The third-order valence-corrected chi connectivity index (χ3v) is 4.14. The van der Waals surface area contributed by atoms with Crippen molar-refractivity contribution in [3.63, 3.8) is 0 Å². The number of rotatable bonds is 7. The van der Waals surface area contributed by atoms with Crippen molar-refractivity contribution in [1.82, 2.24) is 5.32 Å². The number of hydrogen-bond donors (Lipinski definition) is 1. The molecule has 0 radical (unpaired) electrons. The highest BCUT2D eigenvalue weighted by Crippen LogP contribution is 2.27. The summed E-state index contributed by atoms with van der Waals surface area (Å²) in [6.45, 7) is -0.258. The van der Waals surface area contributed by atoms with Crippen LogP contribution in [-0.2, 0) is 14.3 Å². The first kappa shape index (κ1) is 18.8. The minimum atomic E-state index is -0.562. The van der Waals surface area contributed by atoms with Crippen molar-refractivity contribution >= 4 is 18.0 Å². The van der Waals surface area contributed by atoms with Gasteiger partial charge in [-0.05, 0) is 36.6 Å². The molecule has 6 heteroatoms. The van der Waals surface area contributed by atoms with Gasteiger partial charge >= 0.3 is 5.97 Å². The van der Waals surface area contributed by atoms with Gasteiger partial charge < -0.3 is 19.5 Å². The smallest absolute Gasteiger partial charge is 0.331 e. The quantitative estimate of drug-likeness (QED) is 0.606. The number of ether oxygens (including phenoxy) is 3. The second-order valence-corrected chi connectivity index (χ2v) is 5.96. The summed E-state index contributed by atoms with van der Waals surface area (Å²) in [5.74, 6) is 0.375. The molecule has 25 heavy (non-hydrogen) atoms. The second kappa shape index (κ2) is 9.71. The molecule has 0 bridgehead atoms. The van der Waals surface area contributed by atoms with Crippen molar-refractivity contribution in [3.8, 4) is 11.5 Å². The zero-order valence-electron chi connectivity index (χ0n) is 14.7. The van der Waals surface area contributed by atoms with Crippen molar-refractivity contribution in [3.05, 3.63) is 29.8 Å². The average molecular weight is 347 g/mol. The highest BCUT2D eigenvalue weighted by molar-refractivity contribution is 5.89. The summed E-state index contributed by atoms with van der Waals surface area (Å²) in [5.41, 5.74) is 0.765. The van der Waals surface area contributed by atoms with Crippen LogP contribution < -0.4 is 14.8 Å². The van der Waals surface area contributed by atoms with Crippen molar-refractivity contribution in [1.29, 1.82) is 0 Å². The van der Waals surface area contributed by atoms with E-state index >= 15 is 0 Å². The molecule has 0 atom stereocenters. The van der Waals surface area contributed by atoms with Crippen LogP contribution >= 0.6 is 0 Å². The van der Waals surface area contributed by atoms with Crippen LogP contribution in [0.2, 0.25) is 0 Å². The van der Waals surface area contributed by atoms with Gasteiger partial charge in [-0.25, -0.2) is 4.79 Å². The van der Waals surface area contributed by atoms with Crippen molar-refractivity contribution in [2.24, 2.45) is 0 Å². The maximum absolute atomic E-state index is 11.8. The number of nitrogens with one attached hydrogen (secondary N) is 1. The summed E-state index contributed by atoms with van der Waals surface area (Å²) in [7, 11) is 3.10. The molecule has 1 aliphatic carbocycles. The highest BCUT2D eigenvalue weighted by atomic mass is 16.5. The minimum absolute atomic E-state index is 0.210. The molecule has 0 unspecified atom stereocenters. The molecule has 1 aromatic rings. The molecule has 1 saturated carbocycles. The molecular weight excluding hydrogens is 322 g/mol. The molecule has 0 saturated heterocycles. The molecule has 0 heterocycles. The number of carbonyl (C=O) groups excluding carboxylic acids is 2. The van der Waals surface area contributed by atoms with Gasteiger partial charge in [0, 0.05) is 12.1 Å². The molecule has 0 aliphatic heterocycles. The van der Waals surface area contributed by atoms with Crippen LogP contribution in [0.3, 0.4) is 0 Å². The van der Waals surface area contributed by atoms with Gasteiger partial charge in [0.1, 0.15) is 0 Å². The Morgan fingerprint density at radius 3 is 2.52 bits per heavy atom. The molecule has 6 nitrogen and oxygen atoms in total. The standard InChI is InChI=1S/C19H25NO5/c1-23-16-10-8-14(12-17(16)24-2)9-11-19(22)25-13-18(21)20-15-6-4-3-5-7-15/h8-12,15H,3-7,13H2,1-2H3,(H,20,21)/b11-9+. The lowest BCUT2D eigenvalue weighted by molar-refractivity contribution is -0.144. The van der Waals surface area contributed by atoms with Crippen LogP contribution in [0.4, 0.5) is 0 Å². The van der Waals surface area contributed by atoms with Crippen LogP contribution in [0.25, 0.3) is 6.08 Å². The number of esters is 1. The van der Waals surface area contributed by atoms with Crippen molar-refractivity contribution in [2.75, 3.05) is 20.8 Å². The zero-order valence-corrected chi connectivity index (χ0v) is 14.7. The Morgan fingerprint density at radius 1 is 1.12 bits per heavy atom. The lowest BCUT2D eigenvalue weighted by atomic mass is 9.95. The van der Waals surface area contributed by atoms with E-state index in [0.717, 1.165) is 31.2 Å². The van der Waals surface area contributed by atoms with E-state index in [1.807, 2.05) is 0 Å². The normalized spacial score (nSPS) is 15.0. The van der Waals surface area contributed by atoms with E-state index in [0.29, 0.717) is 11.5 Å². The van der Waals surface area contributed by atoms with Crippen LogP contribution in [-0.4, -0.2) is 38.7 Å². The Hall–Kier alpha value is -2.50. The van der Waals surface area contributed by atoms with Gasteiger partial charge in [0.15, 0.2) is 18.1 Å². The molecule has 2 rings (SSSR count). The molecule has 0 spiro atoms. The van der Waals surface area contributed by atoms with Crippen LogP contribution in [0.15, 0.2) is 24.3 Å². The zero-order chi connectivity index (χ0) is 18.1. The number of hydrogen-bond acceptors (Lipinski definition) is 5. The first-order valence-corrected chi connectivity index (χ1v) is 8.48. The Bertz CT molecular complexity index is 620. The Morgan fingerprint density at radius 2 is 1.84 bits per heavy atom. The topological polar surface area (TPSA) is 73.9 Å². The molecule has 1 aromatic carbocycles. The van der Waals surface area contributed by atoms with Crippen LogP contribution in [0, 0.1) is 0 Å². The van der Waals surface area contributed by atoms with Gasteiger partial charge in [-0.2, -0.15) is 0 Å². The first-order chi connectivity index (χ1) is 12.1. The molecule has 0 aromatic heterocycles. The third kappa shape index (κ3) is 6.14. The molecular formula is C19H25NO5. The highest BCUT2D eigenvalue weighted by Gasteiger charge is 2.16. The Balaban J connectivity index is 1.79. The summed E-state index contributed by atoms with van der Waals surface area (Å²) >= 11 is 0. The Labute approximate surface area is 148 Å². The van der Waals surface area contributed by atoms with Crippen molar-refractivity contribution in [2.45, 2.75) is 38.1 Å². The van der Waals surface area contributed by atoms with Gasteiger partial charge in [-0.15, -0.1) is 0 Å². The summed E-state index contributed by atoms with van der Waals surface area (Å²) in [6, 6.07) is 5.50. The Kier molecular flexibility index (Phi) is 7.32. The second-order valence-electron chi connectivity index (χ2n) is 5.96. The van der Waals surface area contributed by atoms with Gasteiger partial charge in [-0.3, -0.25) is 4.79 Å². The minimum Gasteiger partial charge on any atom is -0.493 e. The van der Waals surface area contributed by atoms with E-state index in [4.69, 9.17) is 14.2 Å². The van der Waals surface area contributed by atoms with Gasteiger partial charge in [0.05, 0.1) is 14.2 Å². The van der Waals surface area contributed by atoms with E-state index in [1.54, 1.807) is 38.5 Å². The van der Waals surface area contributed by atoms with E-state index < -0.39 is 5.97 Å². The maximum Gasteiger partial charge on any atom is 0.331 e. The fraction of sp³-hybridized carbons (Fsp3) is 0.474. The predicted molar refractivity (Wildman–Crippen MR) is 94.6 cm³/mol. The monoisotopic (exact) mass is 347 g/mol. The SMILES string of the molecule is COc1ccc(/C=C/C(=O)OCC(=O)NC2CCCCC2)cc1OC. The van der Waals surface area contributed by atoms with E-state index in [2.05, 4.69) is 5.32 Å². The predicted octanol–water partition coefficient (Wildman–Crippen LogP) is 2.71. The van der Waals surface area contributed by atoms with Crippen LogP contribution in [0.5, 0.6) is 11.5 Å². The maximum atomic E-state index is 11.8. The molecule has 1 fully saturated rings. The fourth-order valence-corrected chi connectivity index (χ4v) is 2.82. The third-order valence-electron chi connectivity index (χ3n) is 4.14. The number of benzene rings is 1. The van der Waals surface area contributed by atoms with E-state index in [1.165, 1.54) is 12.5 Å². The van der Waals surface area contributed by atoms with Gasteiger partial charge in [0.25, 0.3) is 5.91 Å². The molecule has 1 amide bonds. The summed E-state index contributed by atoms with van der Waals surface area (Å²) in [4.78, 5) is 23.5. The molecule has 136 valence electrons. The summed E-state index contributed by atoms with van der Waals surface area (Å²) < 4.78 is 15.3.